The summed E-state index contributed by atoms with van der Waals surface area (Å²) >= 11 is 5.25. The van der Waals surface area contributed by atoms with Gasteiger partial charge in [0.25, 0.3) is 0 Å². The van der Waals surface area contributed by atoms with Gasteiger partial charge in [-0.1, -0.05) is 19.9 Å². The summed E-state index contributed by atoms with van der Waals surface area (Å²) in [5, 5.41) is 7.18. The van der Waals surface area contributed by atoms with Gasteiger partial charge in [0.2, 0.25) is 0 Å². The number of nitrogens with zero attached hydrogens (tertiary/aromatic N) is 3. The summed E-state index contributed by atoms with van der Waals surface area (Å²) < 4.78 is 2.79. The number of pyridine rings is 1. The van der Waals surface area contributed by atoms with Gasteiger partial charge in [0.15, 0.2) is 4.77 Å². The van der Waals surface area contributed by atoms with Crippen LogP contribution in [0.4, 0.5) is 0 Å². The van der Waals surface area contributed by atoms with Gasteiger partial charge in [-0.2, -0.15) is 5.10 Å². The third-order valence-electron chi connectivity index (χ3n) is 2.72. The molecule has 2 aromatic heterocycles. The van der Waals surface area contributed by atoms with E-state index in [0.717, 1.165) is 30.9 Å². The SMILES string of the molecule is CC(C)Cn1c(CCc2ccccn2)n[nH]c1=S. The molecule has 0 saturated carbocycles. The fraction of sp³-hybridized carbons (Fsp3) is 0.462. The molecule has 5 heteroatoms. The highest BCUT2D eigenvalue weighted by Crippen LogP contribution is 2.07. The molecule has 0 bridgehead atoms. The van der Waals surface area contributed by atoms with Gasteiger partial charge in [0.05, 0.1) is 0 Å². The number of H-pyrrole nitrogens is 1. The molecule has 0 spiro atoms. The fourth-order valence-corrected chi connectivity index (χ4v) is 2.11. The van der Waals surface area contributed by atoms with Crippen molar-refractivity contribution in [2.75, 3.05) is 0 Å². The quantitative estimate of drug-likeness (QED) is 0.843. The van der Waals surface area contributed by atoms with Gasteiger partial charge in [-0.15, -0.1) is 0 Å². The molecule has 2 rings (SSSR count). The third-order valence-corrected chi connectivity index (χ3v) is 3.03. The summed E-state index contributed by atoms with van der Waals surface area (Å²) in [4.78, 5) is 4.32. The van der Waals surface area contributed by atoms with Gasteiger partial charge >= 0.3 is 0 Å². The molecule has 0 radical (unpaired) electrons. The number of nitrogens with one attached hydrogen (secondary N) is 1. The average molecular weight is 262 g/mol. The second kappa shape index (κ2) is 5.91. The van der Waals surface area contributed by atoms with Crippen LogP contribution in [0.25, 0.3) is 0 Å². The van der Waals surface area contributed by atoms with Crippen LogP contribution in [-0.4, -0.2) is 19.7 Å². The highest BCUT2D eigenvalue weighted by atomic mass is 32.1. The topological polar surface area (TPSA) is 46.5 Å². The lowest BCUT2D eigenvalue weighted by Gasteiger charge is -2.09. The first-order valence-corrected chi connectivity index (χ1v) is 6.61. The summed E-state index contributed by atoms with van der Waals surface area (Å²) in [5.74, 6) is 1.57. The number of hydrogen-bond donors (Lipinski definition) is 1. The Bertz CT molecular complexity index is 542. The summed E-state index contributed by atoms with van der Waals surface area (Å²) in [7, 11) is 0. The van der Waals surface area contributed by atoms with Crippen molar-refractivity contribution >= 4 is 12.2 Å². The standard InChI is InChI=1S/C13H18N4S/c1-10(2)9-17-12(15-16-13(17)18)7-6-11-5-3-4-8-14-11/h3-5,8,10H,6-7,9H2,1-2H3,(H,16,18). The van der Waals surface area contributed by atoms with Crippen LogP contribution in [0, 0.1) is 10.7 Å². The molecule has 0 aliphatic rings. The van der Waals surface area contributed by atoms with Crippen LogP contribution in [0.5, 0.6) is 0 Å². The number of aryl methyl sites for hydroxylation is 2. The molecule has 0 aliphatic carbocycles. The zero-order valence-corrected chi connectivity index (χ0v) is 11.6. The molecule has 0 fully saturated rings. The molecule has 4 nitrogen and oxygen atoms in total. The first kappa shape index (κ1) is 13.0. The Labute approximate surface area is 112 Å². The highest BCUT2D eigenvalue weighted by Gasteiger charge is 2.08. The molecule has 0 saturated heterocycles. The Hall–Kier alpha value is -1.49. The third kappa shape index (κ3) is 3.26. The van der Waals surface area contributed by atoms with Crippen LogP contribution < -0.4 is 0 Å². The van der Waals surface area contributed by atoms with Crippen molar-refractivity contribution in [3.05, 3.63) is 40.7 Å². The minimum absolute atomic E-state index is 0.558. The van der Waals surface area contributed by atoms with E-state index < -0.39 is 0 Å². The van der Waals surface area contributed by atoms with Gasteiger partial charge in [-0.05, 0) is 36.7 Å². The van der Waals surface area contributed by atoms with Gasteiger partial charge in [0.1, 0.15) is 5.82 Å². The molecule has 0 unspecified atom stereocenters. The number of aromatic amines is 1. The summed E-state index contributed by atoms with van der Waals surface area (Å²) in [6.45, 7) is 5.27. The van der Waals surface area contributed by atoms with Crippen LogP contribution in [-0.2, 0) is 19.4 Å². The summed E-state index contributed by atoms with van der Waals surface area (Å²) in [6.07, 6.45) is 3.57. The van der Waals surface area contributed by atoms with E-state index in [1.807, 2.05) is 24.4 Å². The molecule has 2 heterocycles. The van der Waals surface area contributed by atoms with E-state index in [-0.39, 0.29) is 0 Å². The Morgan fingerprint density at radius 2 is 2.17 bits per heavy atom. The van der Waals surface area contributed by atoms with E-state index in [0.29, 0.717) is 10.7 Å². The first-order valence-electron chi connectivity index (χ1n) is 6.21. The first-order chi connectivity index (χ1) is 8.66. The fourth-order valence-electron chi connectivity index (χ4n) is 1.88. The van der Waals surface area contributed by atoms with E-state index >= 15 is 0 Å². The Morgan fingerprint density at radius 1 is 1.33 bits per heavy atom. The van der Waals surface area contributed by atoms with E-state index in [9.17, 15) is 0 Å². The van der Waals surface area contributed by atoms with Crippen molar-refractivity contribution in [1.29, 1.82) is 0 Å². The molecular weight excluding hydrogens is 244 g/mol. The molecule has 0 atom stereocenters. The predicted molar refractivity (Wildman–Crippen MR) is 73.9 cm³/mol. The van der Waals surface area contributed by atoms with Gasteiger partial charge < -0.3 is 4.57 Å². The second-order valence-electron chi connectivity index (χ2n) is 4.77. The Kier molecular flexibility index (Phi) is 4.25. The van der Waals surface area contributed by atoms with Crippen LogP contribution >= 0.6 is 12.2 Å². The lowest BCUT2D eigenvalue weighted by molar-refractivity contribution is 0.501. The molecule has 96 valence electrons. The van der Waals surface area contributed by atoms with E-state index in [1.54, 1.807) is 0 Å². The van der Waals surface area contributed by atoms with E-state index in [1.165, 1.54) is 0 Å². The molecule has 2 aromatic rings. The average Bonchev–Trinajstić information content (AvgIpc) is 2.69. The zero-order valence-electron chi connectivity index (χ0n) is 10.8. The minimum atomic E-state index is 0.558. The molecule has 0 aromatic carbocycles. The van der Waals surface area contributed by atoms with Crippen molar-refractivity contribution in [2.24, 2.45) is 5.92 Å². The van der Waals surface area contributed by atoms with E-state index in [2.05, 4.69) is 33.6 Å². The zero-order chi connectivity index (χ0) is 13.0. The maximum atomic E-state index is 5.25. The van der Waals surface area contributed by atoms with Crippen LogP contribution in [0.15, 0.2) is 24.4 Å². The monoisotopic (exact) mass is 262 g/mol. The molecule has 0 aliphatic heterocycles. The summed E-state index contributed by atoms with van der Waals surface area (Å²) in [5.41, 5.74) is 1.09. The normalized spacial score (nSPS) is 11.1. The largest absolute Gasteiger partial charge is 0.304 e. The van der Waals surface area contributed by atoms with Crippen molar-refractivity contribution in [3.8, 4) is 0 Å². The maximum absolute atomic E-state index is 5.25. The number of aromatic nitrogens is 4. The van der Waals surface area contributed by atoms with Gasteiger partial charge in [-0.3, -0.25) is 10.1 Å². The summed E-state index contributed by atoms with van der Waals surface area (Å²) in [6, 6.07) is 5.97. The Balaban J connectivity index is 2.08. The van der Waals surface area contributed by atoms with Crippen molar-refractivity contribution in [2.45, 2.75) is 33.2 Å². The minimum Gasteiger partial charge on any atom is -0.304 e. The predicted octanol–water partition coefficient (Wildman–Crippen LogP) is 2.78. The smallest absolute Gasteiger partial charge is 0.195 e. The molecular formula is C13H18N4S. The lowest BCUT2D eigenvalue weighted by Crippen LogP contribution is -2.10. The van der Waals surface area contributed by atoms with Crippen molar-refractivity contribution in [3.63, 3.8) is 0 Å². The lowest BCUT2D eigenvalue weighted by atomic mass is 10.2. The Morgan fingerprint density at radius 3 is 2.83 bits per heavy atom. The van der Waals surface area contributed by atoms with Crippen LogP contribution in [0.1, 0.15) is 25.4 Å². The van der Waals surface area contributed by atoms with Crippen LogP contribution in [0.3, 0.4) is 0 Å². The number of rotatable bonds is 5. The van der Waals surface area contributed by atoms with E-state index in [4.69, 9.17) is 12.2 Å². The van der Waals surface area contributed by atoms with Gasteiger partial charge in [0, 0.05) is 24.9 Å². The molecule has 1 N–H and O–H groups in total. The molecule has 0 amide bonds. The van der Waals surface area contributed by atoms with Crippen molar-refractivity contribution < 1.29 is 0 Å². The number of hydrogen-bond acceptors (Lipinski definition) is 3. The maximum Gasteiger partial charge on any atom is 0.195 e. The van der Waals surface area contributed by atoms with Gasteiger partial charge in [-0.25, -0.2) is 0 Å². The van der Waals surface area contributed by atoms with Crippen LogP contribution in [0.2, 0.25) is 0 Å². The molecule has 18 heavy (non-hydrogen) atoms. The highest BCUT2D eigenvalue weighted by molar-refractivity contribution is 7.71. The van der Waals surface area contributed by atoms with Crippen molar-refractivity contribution in [1.82, 2.24) is 19.7 Å². The second-order valence-corrected chi connectivity index (χ2v) is 5.16.